The average Bonchev–Trinajstić information content (AvgIpc) is 3.48. The summed E-state index contributed by atoms with van der Waals surface area (Å²) in [5.41, 5.74) is 5.41. The second-order valence-corrected chi connectivity index (χ2v) is 13.5. The number of fused-ring (bicyclic) bond motifs is 3. The summed E-state index contributed by atoms with van der Waals surface area (Å²) in [7, 11) is -3.95. The van der Waals surface area contributed by atoms with E-state index in [1.807, 2.05) is 155 Å². The van der Waals surface area contributed by atoms with Crippen molar-refractivity contribution < 1.29 is 4.57 Å². The molecule has 0 aliphatic heterocycles. The Morgan fingerprint density at radius 2 is 0.809 bits per heavy atom. The van der Waals surface area contributed by atoms with Crippen LogP contribution in [0.4, 0.5) is 22.7 Å². The van der Waals surface area contributed by atoms with Gasteiger partial charge in [-0.05, 0) is 60.7 Å². The molecule has 8 rings (SSSR count). The van der Waals surface area contributed by atoms with Gasteiger partial charge in [0, 0.05) is 33.5 Å². The van der Waals surface area contributed by atoms with Crippen molar-refractivity contribution in [3.05, 3.63) is 182 Å². The highest BCUT2D eigenvalue weighted by Gasteiger charge is 2.44. The van der Waals surface area contributed by atoms with Crippen LogP contribution in [-0.2, 0) is 4.57 Å². The van der Waals surface area contributed by atoms with E-state index in [9.17, 15) is 0 Å². The van der Waals surface area contributed by atoms with Crippen LogP contribution in [-0.4, -0.2) is 14.5 Å². The normalized spacial score (nSPS) is 11.5. The average molecular weight is 628 g/mol. The molecule has 6 nitrogen and oxygen atoms in total. The molecule has 0 atom stereocenters. The molecule has 2 aromatic heterocycles. The number of nitrogens with zero attached hydrogens (tertiary/aromatic N) is 5. The largest absolute Gasteiger partial charge is 0.321 e. The van der Waals surface area contributed by atoms with Crippen molar-refractivity contribution >= 4 is 57.4 Å². The van der Waals surface area contributed by atoms with Gasteiger partial charge in [0.1, 0.15) is 0 Å². The van der Waals surface area contributed by atoms with Gasteiger partial charge >= 0.3 is 7.44 Å². The smallest absolute Gasteiger partial charge is 0.292 e. The minimum atomic E-state index is -3.95. The predicted octanol–water partition coefficient (Wildman–Crippen LogP) is 10.1. The summed E-state index contributed by atoms with van der Waals surface area (Å²) in [4.78, 5) is 10.0. The molecule has 0 spiro atoms. The van der Waals surface area contributed by atoms with E-state index in [-0.39, 0.29) is 0 Å². The van der Waals surface area contributed by atoms with E-state index in [4.69, 9.17) is 9.97 Å². The van der Waals surface area contributed by atoms with E-state index in [2.05, 4.69) is 28.8 Å². The summed E-state index contributed by atoms with van der Waals surface area (Å²) >= 11 is 0. The number of hydrogen-bond acceptors (Lipinski definition) is 3. The fourth-order valence-corrected chi connectivity index (χ4v) is 9.08. The van der Waals surface area contributed by atoms with Crippen molar-refractivity contribution in [2.24, 2.45) is 0 Å². The van der Waals surface area contributed by atoms with E-state index >= 15 is 4.57 Å². The van der Waals surface area contributed by atoms with Crippen molar-refractivity contribution in [3.8, 4) is 5.82 Å². The van der Waals surface area contributed by atoms with E-state index in [1.165, 1.54) is 0 Å². The number of anilines is 4. The highest BCUT2D eigenvalue weighted by molar-refractivity contribution is 7.75. The Balaban J connectivity index is 1.46. The summed E-state index contributed by atoms with van der Waals surface area (Å²) in [6, 6.07) is 56.0. The van der Waals surface area contributed by atoms with Crippen molar-refractivity contribution in [1.29, 1.82) is 0 Å². The van der Waals surface area contributed by atoms with Gasteiger partial charge in [0.25, 0.3) is 0 Å². The molecular formula is C40H30N5OP. The lowest BCUT2D eigenvalue weighted by molar-refractivity contribution is 0.580. The zero-order valence-electron chi connectivity index (χ0n) is 25.4. The first-order valence-corrected chi connectivity index (χ1v) is 17.1. The monoisotopic (exact) mass is 627 g/mol. The lowest BCUT2D eigenvalue weighted by atomic mass is 10.2. The van der Waals surface area contributed by atoms with Crippen molar-refractivity contribution in [3.63, 3.8) is 0 Å². The van der Waals surface area contributed by atoms with E-state index < -0.39 is 7.44 Å². The maximum absolute atomic E-state index is 16.8. The Hall–Kier alpha value is -5.97. The molecule has 0 unspecified atom stereocenters. The molecule has 47 heavy (non-hydrogen) atoms. The van der Waals surface area contributed by atoms with Gasteiger partial charge in [0.15, 0.2) is 11.3 Å². The lowest BCUT2D eigenvalue weighted by Crippen LogP contribution is -2.34. The highest BCUT2D eigenvalue weighted by Crippen LogP contribution is 2.62. The van der Waals surface area contributed by atoms with Crippen LogP contribution in [0.15, 0.2) is 182 Å². The summed E-state index contributed by atoms with van der Waals surface area (Å²) in [5.74, 6) is 0.585. The molecule has 6 aromatic carbocycles. The van der Waals surface area contributed by atoms with E-state index in [0.29, 0.717) is 11.3 Å². The third-order valence-electron chi connectivity index (χ3n) is 8.26. The molecule has 0 bridgehead atoms. The number of hydrogen-bond donors (Lipinski definition) is 0. The van der Waals surface area contributed by atoms with Crippen LogP contribution in [0.25, 0.3) is 27.6 Å². The number of rotatable bonds is 8. The van der Waals surface area contributed by atoms with Crippen LogP contribution in [0.1, 0.15) is 0 Å². The van der Waals surface area contributed by atoms with Crippen LogP contribution in [0.5, 0.6) is 0 Å². The van der Waals surface area contributed by atoms with E-state index in [0.717, 1.165) is 44.6 Å². The van der Waals surface area contributed by atoms with Gasteiger partial charge in [0.2, 0.25) is 0 Å². The number of aromatic nitrogens is 3. The van der Waals surface area contributed by atoms with Gasteiger partial charge in [-0.15, -0.1) is 0 Å². The summed E-state index contributed by atoms with van der Waals surface area (Å²) in [6.07, 6.45) is 3.40. The van der Waals surface area contributed by atoms with Crippen LogP contribution in [0.3, 0.4) is 0 Å². The molecule has 7 heteroatoms. The maximum Gasteiger partial charge on any atom is 0.321 e. The lowest BCUT2D eigenvalue weighted by Gasteiger charge is -2.41. The molecule has 0 amide bonds. The van der Waals surface area contributed by atoms with Gasteiger partial charge in [-0.2, -0.15) is 0 Å². The Morgan fingerprint density at radius 3 is 1.21 bits per heavy atom. The standard InChI is InChI=1S/C40H30N5OP/c46-47(44(31-17-5-1-6-18-31)32-19-7-2-8-20-32,45(33-21-9-3-10-22-33)34-23-11-4-12-24-34)40-30-41-29-39(42-40)43-37-27-15-13-25-35(37)36-26-14-16-28-38(36)43/h1-30H. The fraction of sp³-hybridized carbons (Fsp3) is 0. The Morgan fingerprint density at radius 1 is 0.447 bits per heavy atom. The third-order valence-corrected chi connectivity index (χ3v) is 11.1. The zero-order valence-corrected chi connectivity index (χ0v) is 26.3. The fourth-order valence-electron chi connectivity index (χ4n) is 6.26. The second-order valence-electron chi connectivity index (χ2n) is 11.1. The van der Waals surface area contributed by atoms with Crippen molar-refractivity contribution in [2.45, 2.75) is 0 Å². The van der Waals surface area contributed by atoms with Gasteiger partial charge in [-0.3, -0.25) is 23.5 Å². The Kier molecular flexibility index (Phi) is 7.33. The SMILES string of the molecule is O=P(c1cncc(-n2c3ccccc3c3ccccc32)n1)(N(c1ccccc1)c1ccccc1)N(c1ccccc1)c1ccccc1. The Labute approximate surface area is 273 Å². The summed E-state index contributed by atoms with van der Waals surface area (Å²) in [5, 5.41) is 2.23. The molecule has 8 aromatic rings. The van der Waals surface area contributed by atoms with E-state index in [1.54, 1.807) is 12.4 Å². The van der Waals surface area contributed by atoms with Gasteiger partial charge in [-0.1, -0.05) is 109 Å². The third kappa shape index (κ3) is 4.96. The quantitative estimate of drug-likeness (QED) is 0.157. The minimum absolute atomic E-state index is 0.345. The summed E-state index contributed by atoms with van der Waals surface area (Å²) in [6.45, 7) is 0. The minimum Gasteiger partial charge on any atom is -0.292 e. The Bertz CT molecular complexity index is 2130. The highest BCUT2D eigenvalue weighted by atomic mass is 31.2. The maximum atomic E-state index is 16.8. The molecule has 2 heterocycles. The van der Waals surface area contributed by atoms with Crippen molar-refractivity contribution in [2.75, 3.05) is 9.34 Å². The van der Waals surface area contributed by atoms with Crippen molar-refractivity contribution in [1.82, 2.24) is 14.5 Å². The topological polar surface area (TPSA) is 54.3 Å². The zero-order chi connectivity index (χ0) is 31.6. The molecular weight excluding hydrogens is 597 g/mol. The van der Waals surface area contributed by atoms with Crippen LogP contribution < -0.4 is 14.8 Å². The molecule has 0 radical (unpaired) electrons. The molecule has 0 fully saturated rings. The predicted molar refractivity (Wildman–Crippen MR) is 194 cm³/mol. The van der Waals surface area contributed by atoms with Crippen LogP contribution in [0.2, 0.25) is 0 Å². The molecule has 0 aliphatic carbocycles. The number of para-hydroxylation sites is 6. The van der Waals surface area contributed by atoms with Gasteiger partial charge in [-0.25, -0.2) is 4.98 Å². The molecule has 0 N–H and O–H groups in total. The first-order chi connectivity index (χ1) is 23.2. The molecule has 0 saturated carbocycles. The van der Waals surface area contributed by atoms with Gasteiger partial charge < -0.3 is 0 Å². The van der Waals surface area contributed by atoms with Gasteiger partial charge in [0.05, 0.1) is 23.4 Å². The summed E-state index contributed by atoms with van der Waals surface area (Å²) < 4.78 is 22.8. The van der Waals surface area contributed by atoms with Crippen LogP contribution in [0, 0.1) is 0 Å². The molecule has 0 saturated heterocycles. The molecule has 0 aliphatic rings. The second kappa shape index (κ2) is 12.1. The first-order valence-electron chi connectivity index (χ1n) is 15.5. The van der Waals surface area contributed by atoms with Crippen LogP contribution >= 0.6 is 7.44 Å². The first kappa shape index (κ1) is 28.5. The number of benzene rings is 6. The molecule has 226 valence electrons.